The summed E-state index contributed by atoms with van der Waals surface area (Å²) < 4.78 is 29.8. The van der Waals surface area contributed by atoms with Crippen LogP contribution in [0.5, 0.6) is 0 Å². The number of anilines is 2. The van der Waals surface area contributed by atoms with Gasteiger partial charge in [-0.3, -0.25) is 9.10 Å². The van der Waals surface area contributed by atoms with E-state index in [1.807, 2.05) is 55.5 Å². The van der Waals surface area contributed by atoms with Gasteiger partial charge in [0.05, 0.1) is 23.3 Å². The highest BCUT2D eigenvalue weighted by atomic mass is 32.2. The van der Waals surface area contributed by atoms with E-state index in [2.05, 4.69) is 10.4 Å². The van der Waals surface area contributed by atoms with E-state index < -0.39 is 15.9 Å². The first-order chi connectivity index (χ1) is 16.4. The molecule has 0 atom stereocenters. The molecule has 0 saturated heterocycles. The molecular formula is C26H24N4O3S. The minimum atomic E-state index is -3.79. The van der Waals surface area contributed by atoms with E-state index >= 15 is 0 Å². The van der Waals surface area contributed by atoms with Gasteiger partial charge in [0.25, 0.3) is 15.9 Å². The van der Waals surface area contributed by atoms with Crippen LogP contribution in [-0.2, 0) is 23.0 Å². The highest BCUT2D eigenvalue weighted by Gasteiger charge is 2.31. The molecule has 1 amide bonds. The van der Waals surface area contributed by atoms with Crippen LogP contribution < -0.4 is 9.62 Å². The second kappa shape index (κ2) is 8.79. The van der Waals surface area contributed by atoms with Gasteiger partial charge >= 0.3 is 0 Å². The van der Waals surface area contributed by atoms with Crippen LogP contribution in [0.25, 0.3) is 0 Å². The van der Waals surface area contributed by atoms with Gasteiger partial charge < -0.3 is 5.32 Å². The maximum atomic E-state index is 13.4. The Bertz CT molecular complexity index is 1460. The molecule has 172 valence electrons. The van der Waals surface area contributed by atoms with Crippen LogP contribution in [0.2, 0.25) is 0 Å². The van der Waals surface area contributed by atoms with E-state index in [1.165, 1.54) is 22.0 Å². The number of carbonyl (C=O) groups is 1. The molecule has 0 aliphatic carbocycles. The van der Waals surface area contributed by atoms with Crippen molar-refractivity contribution in [1.82, 2.24) is 9.78 Å². The topological polar surface area (TPSA) is 84.3 Å². The molecule has 3 aromatic carbocycles. The number of hydrogen-bond donors (Lipinski definition) is 1. The maximum absolute atomic E-state index is 13.4. The van der Waals surface area contributed by atoms with Crippen molar-refractivity contribution in [1.29, 1.82) is 0 Å². The summed E-state index contributed by atoms with van der Waals surface area (Å²) >= 11 is 0. The van der Waals surface area contributed by atoms with Crippen LogP contribution in [0.15, 0.2) is 90.0 Å². The van der Waals surface area contributed by atoms with Crippen molar-refractivity contribution >= 4 is 27.4 Å². The van der Waals surface area contributed by atoms with Crippen molar-refractivity contribution in [2.24, 2.45) is 0 Å². The Morgan fingerprint density at radius 2 is 1.79 bits per heavy atom. The Kier molecular flexibility index (Phi) is 5.67. The lowest BCUT2D eigenvalue weighted by Gasteiger charge is -2.20. The van der Waals surface area contributed by atoms with Crippen LogP contribution in [0, 0.1) is 6.92 Å². The predicted octanol–water partition coefficient (Wildman–Crippen LogP) is 4.24. The highest BCUT2D eigenvalue weighted by molar-refractivity contribution is 7.92. The Balaban J connectivity index is 1.36. The van der Waals surface area contributed by atoms with Gasteiger partial charge in [-0.1, -0.05) is 54.1 Å². The summed E-state index contributed by atoms with van der Waals surface area (Å²) in [6.45, 7) is 2.92. The molecule has 5 rings (SSSR count). The van der Waals surface area contributed by atoms with Crippen molar-refractivity contribution in [3.63, 3.8) is 0 Å². The van der Waals surface area contributed by atoms with Crippen LogP contribution in [0.1, 0.15) is 27.0 Å². The van der Waals surface area contributed by atoms with Crippen LogP contribution in [0.4, 0.5) is 11.5 Å². The zero-order chi connectivity index (χ0) is 23.7. The number of aromatic nitrogens is 2. The van der Waals surface area contributed by atoms with Gasteiger partial charge in [-0.25, -0.2) is 13.1 Å². The van der Waals surface area contributed by atoms with Crippen LogP contribution in [-0.4, -0.2) is 30.7 Å². The van der Waals surface area contributed by atoms with E-state index in [1.54, 1.807) is 29.1 Å². The largest absolute Gasteiger partial charge is 0.307 e. The lowest BCUT2D eigenvalue weighted by molar-refractivity contribution is 0.102. The number of sulfonamides is 1. The molecule has 4 aromatic rings. The number of fused-ring (bicyclic) bond motifs is 1. The fourth-order valence-electron chi connectivity index (χ4n) is 4.10. The van der Waals surface area contributed by atoms with E-state index in [9.17, 15) is 13.2 Å². The first-order valence-electron chi connectivity index (χ1n) is 11.0. The summed E-state index contributed by atoms with van der Waals surface area (Å²) in [5.41, 5.74) is 4.18. The summed E-state index contributed by atoms with van der Waals surface area (Å²) in [5, 5.41) is 7.17. The molecule has 8 heteroatoms. The minimum Gasteiger partial charge on any atom is -0.307 e. The van der Waals surface area contributed by atoms with Crippen molar-refractivity contribution < 1.29 is 13.2 Å². The summed E-state index contributed by atoms with van der Waals surface area (Å²) in [4.78, 5) is 13.1. The molecular weight excluding hydrogens is 448 g/mol. The monoisotopic (exact) mass is 472 g/mol. The fourth-order valence-corrected chi connectivity index (χ4v) is 5.65. The molecule has 1 aromatic heterocycles. The van der Waals surface area contributed by atoms with E-state index in [4.69, 9.17) is 0 Å². The molecule has 0 spiro atoms. The molecule has 0 radical (unpaired) electrons. The molecule has 0 unspecified atom stereocenters. The third-order valence-corrected chi connectivity index (χ3v) is 7.75. The average Bonchev–Trinajstić information content (AvgIpc) is 3.48. The van der Waals surface area contributed by atoms with E-state index in [-0.39, 0.29) is 10.5 Å². The summed E-state index contributed by atoms with van der Waals surface area (Å²) in [5.74, 6) is 0.136. The van der Waals surface area contributed by atoms with Gasteiger partial charge in [0.15, 0.2) is 0 Å². The lowest BCUT2D eigenvalue weighted by atomic mass is 10.1. The quantitative estimate of drug-likeness (QED) is 0.455. The third kappa shape index (κ3) is 4.20. The Morgan fingerprint density at radius 3 is 2.62 bits per heavy atom. The van der Waals surface area contributed by atoms with Gasteiger partial charge in [-0.2, -0.15) is 5.10 Å². The van der Waals surface area contributed by atoms with E-state index in [0.29, 0.717) is 31.0 Å². The second-order valence-corrected chi connectivity index (χ2v) is 10.2. The molecule has 1 aliphatic heterocycles. The van der Waals surface area contributed by atoms with Crippen molar-refractivity contribution in [3.8, 4) is 0 Å². The zero-order valence-electron chi connectivity index (χ0n) is 18.7. The summed E-state index contributed by atoms with van der Waals surface area (Å²) in [7, 11) is -3.79. The number of benzene rings is 3. The summed E-state index contributed by atoms with van der Waals surface area (Å²) in [6, 6.07) is 23.4. The predicted molar refractivity (Wildman–Crippen MR) is 132 cm³/mol. The average molecular weight is 473 g/mol. The normalized spacial score (nSPS) is 13.0. The number of hydrogen-bond acceptors (Lipinski definition) is 4. The highest BCUT2D eigenvalue weighted by Crippen LogP contribution is 2.32. The molecule has 1 aliphatic rings. The number of rotatable bonds is 6. The van der Waals surface area contributed by atoms with Crippen molar-refractivity contribution in [2.75, 3.05) is 16.2 Å². The number of para-hydroxylation sites is 1. The smallest absolute Gasteiger partial charge is 0.264 e. The number of aryl methyl sites for hydroxylation is 1. The van der Waals surface area contributed by atoms with Crippen molar-refractivity contribution in [3.05, 3.63) is 107 Å². The minimum absolute atomic E-state index is 0.0880. The van der Waals surface area contributed by atoms with E-state index in [0.717, 1.165) is 11.1 Å². The SMILES string of the molecule is Cc1ccc(Cn2nccc2NC(=O)c2cccc(S(=O)(=O)N3CCc4ccccc43)c2)cc1. The molecule has 2 heterocycles. The van der Waals surface area contributed by atoms with Crippen LogP contribution >= 0.6 is 0 Å². The van der Waals surface area contributed by atoms with Crippen LogP contribution in [0.3, 0.4) is 0 Å². The number of amides is 1. The van der Waals surface area contributed by atoms with Gasteiger partial charge in [-0.15, -0.1) is 0 Å². The lowest BCUT2D eigenvalue weighted by Crippen LogP contribution is -2.29. The molecule has 0 bridgehead atoms. The van der Waals surface area contributed by atoms with Crippen molar-refractivity contribution in [2.45, 2.75) is 24.8 Å². The summed E-state index contributed by atoms with van der Waals surface area (Å²) in [6.07, 6.45) is 2.29. The third-order valence-electron chi connectivity index (χ3n) is 5.94. The van der Waals surface area contributed by atoms with Gasteiger partial charge in [0.2, 0.25) is 0 Å². The molecule has 1 N–H and O–H groups in total. The first kappa shape index (κ1) is 21.9. The second-order valence-electron chi connectivity index (χ2n) is 8.30. The molecule has 0 saturated carbocycles. The Labute approximate surface area is 198 Å². The first-order valence-corrected chi connectivity index (χ1v) is 12.5. The van der Waals surface area contributed by atoms with Gasteiger partial charge in [0.1, 0.15) is 5.82 Å². The Hall–Kier alpha value is -3.91. The van der Waals surface area contributed by atoms with Gasteiger partial charge in [-0.05, 0) is 48.7 Å². The molecule has 7 nitrogen and oxygen atoms in total. The van der Waals surface area contributed by atoms with Gasteiger partial charge in [0, 0.05) is 18.2 Å². The number of nitrogens with zero attached hydrogens (tertiary/aromatic N) is 3. The zero-order valence-corrected chi connectivity index (χ0v) is 19.5. The maximum Gasteiger partial charge on any atom is 0.264 e. The number of nitrogens with one attached hydrogen (secondary N) is 1. The molecule has 34 heavy (non-hydrogen) atoms. The number of carbonyl (C=O) groups excluding carboxylic acids is 1. The molecule has 0 fully saturated rings. The standard InChI is InChI=1S/C26H24N4O3S/c1-19-9-11-20(12-10-19)18-29-25(13-15-27-29)28-26(31)22-6-4-7-23(17-22)34(32,33)30-16-14-21-5-2-3-8-24(21)30/h2-13,15,17H,14,16,18H2,1H3,(H,28,31). The fraction of sp³-hybridized carbons (Fsp3) is 0.154. The Morgan fingerprint density at radius 1 is 1.00 bits per heavy atom.